The molecule has 48 valence electrons. The summed E-state index contributed by atoms with van der Waals surface area (Å²) in [5, 5.41) is 0. The monoisotopic (exact) mass is 123 g/mol. The number of aryl methyl sites for hydroxylation is 1. The Morgan fingerprint density at radius 3 is 2.56 bits per heavy atom. The molecule has 0 radical (unpaired) electrons. The van der Waals surface area contributed by atoms with Crippen LogP contribution in [0.15, 0.2) is 24.2 Å². The van der Waals surface area contributed by atoms with Crippen molar-refractivity contribution in [2.45, 2.75) is 13.5 Å². The van der Waals surface area contributed by atoms with Gasteiger partial charge in [0.25, 0.3) is 0 Å². The van der Waals surface area contributed by atoms with Gasteiger partial charge in [-0.1, -0.05) is 29.8 Å². The van der Waals surface area contributed by atoms with E-state index in [-0.39, 0.29) is 6.54 Å². The van der Waals surface area contributed by atoms with Gasteiger partial charge in [0.2, 0.25) is 0 Å². The third-order valence-corrected chi connectivity index (χ3v) is 1.15. The molecule has 0 heterocycles. The predicted molar refractivity (Wildman–Crippen MR) is 39.1 cm³/mol. The van der Waals surface area contributed by atoms with Crippen molar-refractivity contribution < 1.29 is 2.74 Å². The maximum atomic E-state index is 7.45. The van der Waals surface area contributed by atoms with E-state index in [0.29, 0.717) is 17.6 Å². The molecule has 0 atom stereocenters. The lowest BCUT2D eigenvalue weighted by Gasteiger charge is -1.94. The summed E-state index contributed by atoms with van der Waals surface area (Å²) in [5.41, 5.74) is 6.92. The molecule has 1 nitrogen and oxygen atoms in total. The Balaban J connectivity index is 3.25. The van der Waals surface area contributed by atoms with E-state index in [4.69, 9.17) is 8.48 Å². The molecule has 0 amide bonds. The minimum absolute atomic E-state index is 0.276. The fourth-order valence-corrected chi connectivity index (χ4v) is 0.603. The largest absolute Gasteiger partial charge is 0.326 e. The highest BCUT2D eigenvalue weighted by Crippen LogP contribution is 2.00. The van der Waals surface area contributed by atoms with Crippen LogP contribution in [0.5, 0.6) is 0 Å². The lowest BCUT2D eigenvalue weighted by atomic mass is 10.2. The molecule has 9 heavy (non-hydrogen) atoms. The summed E-state index contributed by atoms with van der Waals surface area (Å²) >= 11 is 0. The van der Waals surface area contributed by atoms with Gasteiger partial charge in [-0.25, -0.2) is 0 Å². The van der Waals surface area contributed by atoms with Gasteiger partial charge in [-0.15, -0.1) is 0 Å². The first kappa shape index (κ1) is 4.07. The second kappa shape index (κ2) is 2.65. The molecular weight excluding hydrogens is 110 g/mol. The summed E-state index contributed by atoms with van der Waals surface area (Å²) in [7, 11) is 0. The van der Waals surface area contributed by atoms with Crippen LogP contribution >= 0.6 is 0 Å². The van der Waals surface area contributed by atoms with E-state index in [0.717, 1.165) is 5.56 Å². The maximum absolute atomic E-state index is 7.45. The zero-order valence-corrected chi connectivity index (χ0v) is 5.44. The molecule has 1 aromatic carbocycles. The summed E-state index contributed by atoms with van der Waals surface area (Å²) in [6, 6.07) is 4.19. The molecule has 0 saturated carbocycles. The summed E-state index contributed by atoms with van der Waals surface area (Å²) < 4.78 is 14.9. The van der Waals surface area contributed by atoms with Crippen molar-refractivity contribution in [3.63, 3.8) is 0 Å². The number of rotatable bonds is 1. The minimum Gasteiger partial charge on any atom is -0.326 e. The molecule has 0 saturated heterocycles. The van der Waals surface area contributed by atoms with Crippen molar-refractivity contribution in [3.8, 4) is 0 Å². The van der Waals surface area contributed by atoms with Gasteiger partial charge in [0.1, 0.15) is 0 Å². The van der Waals surface area contributed by atoms with Crippen LogP contribution in [0.4, 0.5) is 0 Å². The van der Waals surface area contributed by atoms with Crippen LogP contribution in [0.2, 0.25) is 0 Å². The van der Waals surface area contributed by atoms with Crippen molar-refractivity contribution in [3.05, 3.63) is 35.3 Å². The first-order valence-electron chi connectivity index (χ1n) is 3.92. The lowest BCUT2D eigenvalue weighted by Crippen LogP contribution is -1.94. The molecule has 1 rings (SSSR count). The maximum Gasteiger partial charge on any atom is 0.0626 e. The van der Waals surface area contributed by atoms with Crippen molar-refractivity contribution in [1.29, 1.82) is 0 Å². The van der Waals surface area contributed by atoms with Crippen molar-refractivity contribution in [2.75, 3.05) is 0 Å². The predicted octanol–water partition coefficient (Wildman–Crippen LogP) is 1.45. The summed E-state index contributed by atoms with van der Waals surface area (Å²) in [6.45, 7) is 2.15. The van der Waals surface area contributed by atoms with E-state index in [1.165, 1.54) is 0 Å². The van der Waals surface area contributed by atoms with Crippen LogP contribution in [0.25, 0.3) is 0 Å². The van der Waals surface area contributed by atoms with Crippen LogP contribution in [-0.2, 0) is 6.54 Å². The molecule has 1 heteroatoms. The normalized spacial score (nSPS) is 12.7. The topological polar surface area (TPSA) is 26.0 Å². The molecule has 0 aliphatic carbocycles. The Kier molecular flexibility index (Phi) is 1.20. The van der Waals surface area contributed by atoms with E-state index in [1.807, 2.05) is 6.92 Å². The van der Waals surface area contributed by atoms with E-state index in [1.54, 1.807) is 12.1 Å². The van der Waals surface area contributed by atoms with Crippen molar-refractivity contribution in [1.82, 2.24) is 0 Å². The van der Waals surface area contributed by atoms with Crippen LogP contribution in [0.3, 0.4) is 0 Å². The molecule has 0 spiro atoms. The van der Waals surface area contributed by atoms with E-state index < -0.39 is 0 Å². The highest BCUT2D eigenvalue weighted by Gasteiger charge is 1.84. The highest BCUT2D eigenvalue weighted by atomic mass is 14.5. The average molecular weight is 123 g/mol. The summed E-state index contributed by atoms with van der Waals surface area (Å²) in [6.07, 6.45) is 0. The Morgan fingerprint density at radius 1 is 1.56 bits per heavy atom. The van der Waals surface area contributed by atoms with E-state index in [2.05, 4.69) is 0 Å². The van der Waals surface area contributed by atoms with Gasteiger partial charge in [-0.2, -0.15) is 0 Å². The molecule has 2 N–H and O–H groups in total. The van der Waals surface area contributed by atoms with Crippen LogP contribution in [0, 0.1) is 6.92 Å². The fourth-order valence-electron chi connectivity index (χ4n) is 0.603. The quantitative estimate of drug-likeness (QED) is 0.601. The van der Waals surface area contributed by atoms with Gasteiger partial charge in [0, 0.05) is 6.54 Å². The SMILES string of the molecule is [2H]c1cc(C)cc([2H])c1CN. The number of hydrogen-bond donors (Lipinski definition) is 1. The van der Waals surface area contributed by atoms with Gasteiger partial charge in [-0.3, -0.25) is 0 Å². The smallest absolute Gasteiger partial charge is 0.0626 e. The molecule has 0 unspecified atom stereocenters. The molecule has 0 bridgehead atoms. The molecule has 0 aromatic heterocycles. The van der Waals surface area contributed by atoms with Gasteiger partial charge in [-0.05, 0) is 12.5 Å². The number of nitrogens with two attached hydrogens (primary N) is 1. The Morgan fingerprint density at radius 2 is 2.11 bits per heavy atom. The Labute approximate surface area is 58.3 Å². The lowest BCUT2D eigenvalue weighted by molar-refractivity contribution is 1.07. The Hall–Kier alpha value is -0.820. The second-order valence-electron chi connectivity index (χ2n) is 2.00. The Bertz CT molecular complexity index is 248. The molecular formula is C8H11N. The highest BCUT2D eigenvalue weighted by molar-refractivity contribution is 5.20. The van der Waals surface area contributed by atoms with Crippen molar-refractivity contribution >= 4 is 0 Å². The average Bonchev–Trinajstić information content (AvgIpc) is 1.85. The van der Waals surface area contributed by atoms with Gasteiger partial charge < -0.3 is 5.73 Å². The molecule has 0 fully saturated rings. The first-order chi connectivity index (χ1) is 5.15. The summed E-state index contributed by atoms with van der Waals surface area (Å²) in [5.74, 6) is 0. The third-order valence-electron chi connectivity index (χ3n) is 1.15. The van der Waals surface area contributed by atoms with E-state index >= 15 is 0 Å². The van der Waals surface area contributed by atoms with Crippen LogP contribution < -0.4 is 5.73 Å². The zero-order chi connectivity index (χ0) is 8.43. The van der Waals surface area contributed by atoms with Crippen LogP contribution in [-0.4, -0.2) is 0 Å². The minimum atomic E-state index is 0.276. The molecule has 0 aliphatic heterocycles. The van der Waals surface area contributed by atoms with Gasteiger partial charge >= 0.3 is 0 Å². The summed E-state index contributed by atoms with van der Waals surface area (Å²) in [4.78, 5) is 0. The van der Waals surface area contributed by atoms with Crippen molar-refractivity contribution in [2.24, 2.45) is 5.73 Å². The van der Waals surface area contributed by atoms with Crippen LogP contribution in [0.1, 0.15) is 13.9 Å². The fraction of sp³-hybridized carbons (Fsp3) is 0.250. The van der Waals surface area contributed by atoms with Gasteiger partial charge in [0.15, 0.2) is 0 Å². The molecule has 0 aliphatic rings. The van der Waals surface area contributed by atoms with Gasteiger partial charge in [0.05, 0.1) is 2.74 Å². The van der Waals surface area contributed by atoms with E-state index in [9.17, 15) is 0 Å². The first-order valence-corrected chi connectivity index (χ1v) is 2.92. The molecule has 1 aromatic rings. The number of benzene rings is 1. The second-order valence-corrected chi connectivity index (χ2v) is 2.00. The third kappa shape index (κ3) is 1.54. The standard InChI is InChI=1S/C8H11N/c1-7-2-4-8(6-9)5-3-7/h2-5H,6,9H2,1H3/i4D,5D. The zero-order valence-electron chi connectivity index (χ0n) is 7.44. The number of hydrogen-bond acceptors (Lipinski definition) is 1.